The van der Waals surface area contributed by atoms with Crippen LogP contribution in [0.1, 0.15) is 13.8 Å². The molecule has 0 rings (SSSR count). The van der Waals surface area contributed by atoms with Crippen molar-refractivity contribution in [2.24, 2.45) is 5.73 Å². The van der Waals surface area contributed by atoms with Crippen LogP contribution >= 0.6 is 0 Å². The lowest BCUT2D eigenvalue weighted by Crippen LogP contribution is -1.90. The monoisotopic (exact) mass is 149 g/mol. The first kappa shape index (κ1) is 9.76. The Morgan fingerprint density at radius 3 is 2.27 bits per heavy atom. The predicted octanol–water partition coefficient (Wildman–Crippen LogP) is 2.54. The Morgan fingerprint density at radius 2 is 1.73 bits per heavy atom. The second-order valence-corrected chi connectivity index (χ2v) is 2.08. The molecule has 0 atom stereocenters. The molecule has 0 radical (unpaired) electrons. The Kier molecular flexibility index (Phi) is 6.10. The SMILES string of the molecule is C\C=C/C=C\C=C(N)/C=C/C. The molecule has 0 aromatic rings. The molecule has 1 nitrogen and oxygen atoms in total. The first-order chi connectivity index (χ1) is 5.31. The van der Waals surface area contributed by atoms with Gasteiger partial charge < -0.3 is 5.73 Å². The molecule has 0 heterocycles. The van der Waals surface area contributed by atoms with Gasteiger partial charge in [0.05, 0.1) is 0 Å². The summed E-state index contributed by atoms with van der Waals surface area (Å²) in [6, 6.07) is 0. The first-order valence-electron chi connectivity index (χ1n) is 3.69. The average Bonchev–Trinajstić information content (AvgIpc) is 1.99. The van der Waals surface area contributed by atoms with Gasteiger partial charge in [0.15, 0.2) is 0 Å². The summed E-state index contributed by atoms with van der Waals surface area (Å²) >= 11 is 0. The molecule has 0 unspecified atom stereocenters. The summed E-state index contributed by atoms with van der Waals surface area (Å²) < 4.78 is 0. The van der Waals surface area contributed by atoms with Crippen molar-refractivity contribution >= 4 is 0 Å². The lowest BCUT2D eigenvalue weighted by atomic mass is 10.3. The Balaban J connectivity index is 3.90. The third-order valence-electron chi connectivity index (χ3n) is 1.06. The average molecular weight is 149 g/mol. The van der Waals surface area contributed by atoms with Crippen molar-refractivity contribution < 1.29 is 0 Å². The minimum atomic E-state index is 0.772. The largest absolute Gasteiger partial charge is 0.399 e. The maximum atomic E-state index is 5.57. The van der Waals surface area contributed by atoms with Crippen molar-refractivity contribution in [1.29, 1.82) is 0 Å². The second-order valence-electron chi connectivity index (χ2n) is 2.08. The zero-order valence-corrected chi connectivity index (χ0v) is 7.12. The van der Waals surface area contributed by atoms with E-state index in [0.29, 0.717) is 0 Å². The third-order valence-corrected chi connectivity index (χ3v) is 1.06. The minimum Gasteiger partial charge on any atom is -0.399 e. The molecule has 0 aliphatic rings. The molecule has 0 saturated heterocycles. The van der Waals surface area contributed by atoms with Crippen LogP contribution in [0.4, 0.5) is 0 Å². The van der Waals surface area contributed by atoms with Gasteiger partial charge in [0, 0.05) is 5.70 Å². The molecule has 0 bridgehead atoms. The Labute approximate surface area is 68.6 Å². The summed E-state index contributed by atoms with van der Waals surface area (Å²) in [6.45, 7) is 3.92. The summed E-state index contributed by atoms with van der Waals surface area (Å²) in [7, 11) is 0. The zero-order chi connectivity index (χ0) is 8.53. The van der Waals surface area contributed by atoms with Crippen molar-refractivity contribution in [2.45, 2.75) is 13.8 Å². The predicted molar refractivity (Wildman–Crippen MR) is 51.0 cm³/mol. The highest BCUT2D eigenvalue weighted by atomic mass is 14.5. The minimum absolute atomic E-state index is 0.772. The van der Waals surface area contributed by atoms with Crippen LogP contribution in [0.3, 0.4) is 0 Å². The van der Waals surface area contributed by atoms with E-state index in [1.807, 2.05) is 56.4 Å². The number of allylic oxidation sites excluding steroid dienone is 7. The van der Waals surface area contributed by atoms with E-state index in [4.69, 9.17) is 5.73 Å². The Bertz CT molecular complexity index is 195. The highest BCUT2D eigenvalue weighted by Gasteiger charge is 1.73. The van der Waals surface area contributed by atoms with Gasteiger partial charge in [-0.1, -0.05) is 30.4 Å². The van der Waals surface area contributed by atoms with Gasteiger partial charge in [0.25, 0.3) is 0 Å². The van der Waals surface area contributed by atoms with Gasteiger partial charge in [-0.25, -0.2) is 0 Å². The molecular formula is C10H15N. The van der Waals surface area contributed by atoms with Crippen LogP contribution < -0.4 is 5.73 Å². The van der Waals surface area contributed by atoms with E-state index in [1.54, 1.807) is 0 Å². The van der Waals surface area contributed by atoms with Gasteiger partial charge in [-0.2, -0.15) is 0 Å². The maximum Gasteiger partial charge on any atom is 0.0310 e. The van der Waals surface area contributed by atoms with Crippen molar-refractivity contribution in [3.8, 4) is 0 Å². The van der Waals surface area contributed by atoms with E-state index >= 15 is 0 Å². The van der Waals surface area contributed by atoms with Crippen molar-refractivity contribution in [1.82, 2.24) is 0 Å². The van der Waals surface area contributed by atoms with Crippen molar-refractivity contribution in [3.05, 3.63) is 48.2 Å². The van der Waals surface area contributed by atoms with Gasteiger partial charge in [0.2, 0.25) is 0 Å². The fourth-order valence-corrected chi connectivity index (χ4v) is 0.590. The van der Waals surface area contributed by atoms with Gasteiger partial charge >= 0.3 is 0 Å². The first-order valence-corrected chi connectivity index (χ1v) is 3.69. The molecule has 0 aliphatic heterocycles. The molecule has 0 amide bonds. The van der Waals surface area contributed by atoms with Crippen LogP contribution in [-0.2, 0) is 0 Å². The Hall–Kier alpha value is -1.24. The summed E-state index contributed by atoms with van der Waals surface area (Å²) in [5.41, 5.74) is 6.34. The number of hydrogen-bond acceptors (Lipinski definition) is 1. The quantitative estimate of drug-likeness (QED) is 0.613. The van der Waals surface area contributed by atoms with Gasteiger partial charge in [-0.05, 0) is 26.0 Å². The van der Waals surface area contributed by atoms with Crippen LogP contribution in [0.2, 0.25) is 0 Å². The molecule has 1 heteroatoms. The molecule has 0 aromatic carbocycles. The lowest BCUT2D eigenvalue weighted by molar-refractivity contribution is 1.41. The number of rotatable bonds is 3. The fourth-order valence-electron chi connectivity index (χ4n) is 0.590. The van der Waals surface area contributed by atoms with Gasteiger partial charge in [-0.3, -0.25) is 0 Å². The number of hydrogen-bond donors (Lipinski definition) is 1. The zero-order valence-electron chi connectivity index (χ0n) is 7.12. The summed E-state index contributed by atoms with van der Waals surface area (Å²) in [5.74, 6) is 0. The van der Waals surface area contributed by atoms with E-state index in [1.165, 1.54) is 0 Å². The molecule has 0 aromatic heterocycles. The van der Waals surface area contributed by atoms with Crippen LogP contribution in [-0.4, -0.2) is 0 Å². The molecule has 0 fully saturated rings. The highest BCUT2D eigenvalue weighted by molar-refractivity contribution is 5.21. The summed E-state index contributed by atoms with van der Waals surface area (Å²) in [5, 5.41) is 0. The smallest absolute Gasteiger partial charge is 0.0310 e. The molecular weight excluding hydrogens is 134 g/mol. The number of nitrogens with two attached hydrogens (primary N) is 1. The van der Waals surface area contributed by atoms with E-state index < -0.39 is 0 Å². The molecule has 0 saturated carbocycles. The van der Waals surface area contributed by atoms with E-state index in [-0.39, 0.29) is 0 Å². The standard InChI is InChI=1S/C10H15N/c1-3-5-6-7-9-10(11)8-4-2/h3-9H,11H2,1-2H3/b5-3-,7-6-,8-4+,10-9+. The van der Waals surface area contributed by atoms with Crippen molar-refractivity contribution in [3.63, 3.8) is 0 Å². The molecule has 11 heavy (non-hydrogen) atoms. The lowest BCUT2D eigenvalue weighted by Gasteiger charge is -1.85. The van der Waals surface area contributed by atoms with Crippen LogP contribution in [0, 0.1) is 0 Å². The fraction of sp³-hybridized carbons (Fsp3) is 0.200. The second kappa shape index (κ2) is 6.87. The summed E-state index contributed by atoms with van der Waals surface area (Å²) in [4.78, 5) is 0. The van der Waals surface area contributed by atoms with Crippen LogP contribution in [0.5, 0.6) is 0 Å². The molecule has 2 N–H and O–H groups in total. The molecule has 60 valence electrons. The van der Waals surface area contributed by atoms with E-state index in [0.717, 1.165) is 5.70 Å². The van der Waals surface area contributed by atoms with Crippen molar-refractivity contribution in [2.75, 3.05) is 0 Å². The van der Waals surface area contributed by atoms with Crippen LogP contribution in [0.25, 0.3) is 0 Å². The van der Waals surface area contributed by atoms with E-state index in [9.17, 15) is 0 Å². The molecule has 0 aliphatic carbocycles. The Morgan fingerprint density at radius 1 is 1.00 bits per heavy atom. The highest BCUT2D eigenvalue weighted by Crippen LogP contribution is 1.87. The summed E-state index contributed by atoms with van der Waals surface area (Å²) in [6.07, 6.45) is 13.4. The van der Waals surface area contributed by atoms with Gasteiger partial charge in [0.1, 0.15) is 0 Å². The van der Waals surface area contributed by atoms with Gasteiger partial charge in [-0.15, -0.1) is 0 Å². The normalized spacial score (nSPS) is 14.2. The third kappa shape index (κ3) is 6.65. The molecule has 0 spiro atoms. The van der Waals surface area contributed by atoms with Crippen LogP contribution in [0.15, 0.2) is 48.2 Å². The maximum absolute atomic E-state index is 5.57. The van der Waals surface area contributed by atoms with E-state index in [2.05, 4.69) is 0 Å². The topological polar surface area (TPSA) is 26.0 Å².